The number of nitrogens with one attached hydrogen (secondary N) is 1. The normalized spacial score (nSPS) is 29.4. The zero-order valence-electron chi connectivity index (χ0n) is 13.9. The van der Waals surface area contributed by atoms with Gasteiger partial charge in [-0.1, -0.05) is 0 Å². The van der Waals surface area contributed by atoms with Gasteiger partial charge in [0.05, 0.1) is 12.7 Å². The number of hydrogen-bond donors (Lipinski definition) is 4. The Labute approximate surface area is 143 Å². The second-order valence-corrected chi connectivity index (χ2v) is 6.26. The van der Waals surface area contributed by atoms with Crippen LogP contribution in [0.4, 0.5) is 11.8 Å². The number of hydrogen-bond acceptors (Lipinski definition) is 8. The highest BCUT2D eigenvalue weighted by Crippen LogP contribution is 2.40. The van der Waals surface area contributed by atoms with E-state index in [1.165, 1.54) is 4.52 Å². The summed E-state index contributed by atoms with van der Waals surface area (Å²) in [6, 6.07) is 5.14. The summed E-state index contributed by atoms with van der Waals surface area (Å²) in [5, 5.41) is 34.7. The monoisotopic (exact) mass is 349 g/mol. The van der Waals surface area contributed by atoms with Gasteiger partial charge in [-0.25, -0.2) is 4.98 Å². The Morgan fingerprint density at radius 2 is 2.20 bits per heavy atom. The molecule has 10 nitrogen and oxygen atoms in total. The maximum absolute atomic E-state index is 10.5. The first-order valence-electron chi connectivity index (χ1n) is 7.83. The number of aromatic amines is 1. The van der Waals surface area contributed by atoms with Crippen molar-refractivity contribution in [3.05, 3.63) is 17.8 Å². The molecule has 1 aliphatic heterocycles. The number of ether oxygens (including phenoxy) is 2. The molecule has 0 aliphatic carbocycles. The van der Waals surface area contributed by atoms with E-state index in [0.29, 0.717) is 5.52 Å². The SMILES string of the molecule is CC(C)OCC1OC(C#N)(c2ccc3c(N)[nH+]c(N)nn23)C(O)C1O. The summed E-state index contributed by atoms with van der Waals surface area (Å²) < 4.78 is 12.5. The van der Waals surface area contributed by atoms with Crippen molar-refractivity contribution in [3.63, 3.8) is 0 Å². The zero-order valence-corrected chi connectivity index (χ0v) is 13.9. The van der Waals surface area contributed by atoms with E-state index in [-0.39, 0.29) is 30.2 Å². The molecule has 1 saturated heterocycles. The summed E-state index contributed by atoms with van der Waals surface area (Å²) in [4.78, 5) is 2.68. The molecule has 1 fully saturated rings. The molecule has 3 rings (SSSR count). The zero-order chi connectivity index (χ0) is 18.4. The Balaban J connectivity index is 2.06. The van der Waals surface area contributed by atoms with Crippen molar-refractivity contribution in [1.82, 2.24) is 9.61 Å². The van der Waals surface area contributed by atoms with Crippen LogP contribution < -0.4 is 16.5 Å². The van der Waals surface area contributed by atoms with Crippen molar-refractivity contribution in [3.8, 4) is 6.07 Å². The van der Waals surface area contributed by atoms with E-state index >= 15 is 0 Å². The third kappa shape index (κ3) is 2.67. The van der Waals surface area contributed by atoms with Gasteiger partial charge in [-0.15, -0.1) is 0 Å². The molecular weight excluding hydrogens is 328 g/mol. The molecule has 4 atom stereocenters. The number of rotatable bonds is 4. The maximum atomic E-state index is 10.5. The van der Waals surface area contributed by atoms with E-state index in [1.54, 1.807) is 12.1 Å². The van der Waals surface area contributed by atoms with Gasteiger partial charge in [-0.2, -0.15) is 9.78 Å². The topological polar surface area (TPSA) is 166 Å². The summed E-state index contributed by atoms with van der Waals surface area (Å²) in [5.41, 5.74) is 10.4. The first kappa shape index (κ1) is 17.4. The second kappa shape index (κ2) is 6.12. The molecule has 3 heterocycles. The van der Waals surface area contributed by atoms with E-state index < -0.39 is 23.9 Å². The minimum absolute atomic E-state index is 0.0308. The molecule has 1 aliphatic rings. The number of fused-ring (bicyclic) bond motifs is 1. The fourth-order valence-electron chi connectivity index (χ4n) is 2.96. The molecule has 7 N–H and O–H groups in total. The molecule has 0 spiro atoms. The van der Waals surface area contributed by atoms with Crippen LogP contribution in [0.3, 0.4) is 0 Å². The fraction of sp³-hybridized carbons (Fsp3) is 0.533. The molecule has 25 heavy (non-hydrogen) atoms. The van der Waals surface area contributed by atoms with E-state index in [1.807, 2.05) is 19.9 Å². The van der Waals surface area contributed by atoms with Gasteiger partial charge in [0.2, 0.25) is 11.4 Å². The second-order valence-electron chi connectivity index (χ2n) is 6.26. The van der Waals surface area contributed by atoms with E-state index in [9.17, 15) is 15.5 Å². The van der Waals surface area contributed by atoms with Crippen molar-refractivity contribution in [1.29, 1.82) is 5.26 Å². The molecule has 0 radical (unpaired) electrons. The van der Waals surface area contributed by atoms with Gasteiger partial charge >= 0.3 is 5.95 Å². The van der Waals surface area contributed by atoms with Crippen molar-refractivity contribution < 1.29 is 24.7 Å². The molecule has 0 bridgehead atoms. The number of nitrogen functional groups attached to an aromatic ring is 2. The Hall–Kier alpha value is -2.45. The van der Waals surface area contributed by atoms with Crippen LogP contribution in [0.1, 0.15) is 19.5 Å². The molecular formula is C15H21N6O4+. The lowest BCUT2D eigenvalue weighted by Crippen LogP contribution is -2.41. The summed E-state index contributed by atoms with van der Waals surface area (Å²) in [5.74, 6) is 0.280. The van der Waals surface area contributed by atoms with E-state index in [0.717, 1.165) is 0 Å². The summed E-state index contributed by atoms with van der Waals surface area (Å²) in [6.45, 7) is 3.71. The smallest absolute Gasteiger partial charge is 0.363 e. The van der Waals surface area contributed by atoms with Crippen molar-refractivity contribution >= 4 is 17.3 Å². The van der Waals surface area contributed by atoms with Gasteiger partial charge in [-0.3, -0.25) is 0 Å². The largest absolute Gasteiger partial charge is 0.387 e. The highest BCUT2D eigenvalue weighted by atomic mass is 16.6. The number of nitrogens with two attached hydrogens (primary N) is 2. The summed E-state index contributed by atoms with van der Waals surface area (Å²) in [6.07, 6.45) is -3.75. The van der Waals surface area contributed by atoms with Gasteiger partial charge in [-0.05, 0) is 31.1 Å². The minimum atomic E-state index is -1.83. The molecule has 10 heteroatoms. The third-order valence-corrected chi connectivity index (χ3v) is 4.20. The average Bonchev–Trinajstić information content (AvgIpc) is 3.08. The lowest BCUT2D eigenvalue weighted by Gasteiger charge is -2.23. The highest BCUT2D eigenvalue weighted by molar-refractivity contribution is 5.64. The Kier molecular flexibility index (Phi) is 4.26. The van der Waals surface area contributed by atoms with Gasteiger partial charge in [0.15, 0.2) is 0 Å². The number of aliphatic hydroxyl groups excluding tert-OH is 2. The van der Waals surface area contributed by atoms with Crippen LogP contribution in [0.15, 0.2) is 12.1 Å². The number of aliphatic hydroxyl groups is 2. The van der Waals surface area contributed by atoms with Gasteiger partial charge in [0.25, 0.3) is 0 Å². The first-order chi connectivity index (χ1) is 11.8. The number of anilines is 2. The van der Waals surface area contributed by atoms with E-state index in [2.05, 4.69) is 10.1 Å². The Morgan fingerprint density at radius 3 is 2.84 bits per heavy atom. The lowest BCUT2D eigenvalue weighted by atomic mass is 9.92. The molecule has 2 aromatic heterocycles. The molecule has 0 amide bonds. The van der Waals surface area contributed by atoms with Crippen LogP contribution >= 0.6 is 0 Å². The molecule has 0 aromatic carbocycles. The molecule has 4 unspecified atom stereocenters. The number of nitriles is 1. The third-order valence-electron chi connectivity index (χ3n) is 4.20. The van der Waals surface area contributed by atoms with Crippen LogP contribution in [0.25, 0.3) is 5.52 Å². The van der Waals surface area contributed by atoms with Crippen molar-refractivity contribution in [2.45, 2.75) is 43.9 Å². The summed E-state index contributed by atoms with van der Waals surface area (Å²) in [7, 11) is 0. The molecule has 134 valence electrons. The molecule has 2 aromatic rings. The van der Waals surface area contributed by atoms with Gasteiger partial charge in [0, 0.05) is 0 Å². The van der Waals surface area contributed by atoms with Crippen LogP contribution in [-0.4, -0.2) is 50.8 Å². The van der Waals surface area contributed by atoms with Crippen molar-refractivity contribution in [2.75, 3.05) is 18.1 Å². The Morgan fingerprint density at radius 1 is 1.48 bits per heavy atom. The highest BCUT2D eigenvalue weighted by Gasteiger charge is 2.57. The lowest BCUT2D eigenvalue weighted by molar-refractivity contribution is -0.346. The summed E-state index contributed by atoms with van der Waals surface area (Å²) >= 11 is 0. The quantitative estimate of drug-likeness (QED) is 0.521. The van der Waals surface area contributed by atoms with Gasteiger partial charge in [0.1, 0.15) is 35.6 Å². The van der Waals surface area contributed by atoms with Crippen LogP contribution in [-0.2, 0) is 15.1 Å². The number of nitrogens with zero attached hydrogens (tertiary/aromatic N) is 3. The predicted octanol–water partition coefficient (Wildman–Crippen LogP) is -1.42. The number of H-pyrrole nitrogens is 1. The van der Waals surface area contributed by atoms with Crippen LogP contribution in [0, 0.1) is 11.3 Å². The van der Waals surface area contributed by atoms with E-state index in [4.69, 9.17) is 20.9 Å². The predicted molar refractivity (Wildman–Crippen MR) is 85.8 cm³/mol. The fourth-order valence-corrected chi connectivity index (χ4v) is 2.96. The minimum Gasteiger partial charge on any atom is -0.387 e. The number of aromatic nitrogens is 3. The van der Waals surface area contributed by atoms with Gasteiger partial charge < -0.3 is 31.2 Å². The van der Waals surface area contributed by atoms with Crippen LogP contribution in [0.5, 0.6) is 0 Å². The Bertz CT molecular complexity index is 831. The van der Waals surface area contributed by atoms with Crippen LogP contribution in [0.2, 0.25) is 0 Å². The van der Waals surface area contributed by atoms with Crippen molar-refractivity contribution in [2.24, 2.45) is 0 Å². The standard InChI is InChI=1S/C15H20N6O4/c1-7(2)24-5-9-11(22)12(23)15(6-16,25-9)10-4-3-8-13(17)19-14(18)20-21(8)10/h3-4,7,9,11-12,22-23H,5H2,1-2H3,(H4,17,18,19,20)/p+1. The molecule has 0 saturated carbocycles. The maximum Gasteiger partial charge on any atom is 0.363 e. The first-order valence-corrected chi connectivity index (χ1v) is 7.83. The average molecular weight is 349 g/mol.